The zero-order valence-corrected chi connectivity index (χ0v) is 19.1. The van der Waals surface area contributed by atoms with Gasteiger partial charge in [0.1, 0.15) is 12.3 Å². The van der Waals surface area contributed by atoms with Crippen molar-refractivity contribution in [3.8, 4) is 17.3 Å². The molecule has 0 spiro atoms. The number of amides is 1. The molecule has 0 bridgehead atoms. The van der Waals surface area contributed by atoms with Crippen molar-refractivity contribution in [2.75, 3.05) is 11.9 Å². The predicted octanol–water partition coefficient (Wildman–Crippen LogP) is 4.15. The fraction of sp³-hybridized carbons (Fsp3) is 0.148. The molecule has 1 N–H and O–H groups in total. The summed E-state index contributed by atoms with van der Waals surface area (Å²) in [6.07, 6.45) is 0.418. The normalized spacial score (nSPS) is 11.7. The van der Waals surface area contributed by atoms with Gasteiger partial charge >= 0.3 is 5.97 Å². The molecule has 35 heavy (non-hydrogen) atoms. The number of hydrogen-bond donors (Lipinski definition) is 1. The van der Waals surface area contributed by atoms with E-state index in [0.717, 1.165) is 5.56 Å². The summed E-state index contributed by atoms with van der Waals surface area (Å²) in [6.45, 7) is 1.87. The van der Waals surface area contributed by atoms with Crippen LogP contribution in [0.25, 0.3) is 5.69 Å². The average Bonchev–Trinajstić information content (AvgIpc) is 3.14. The maximum absolute atomic E-state index is 13.4. The molecule has 1 aliphatic rings. The van der Waals surface area contributed by atoms with E-state index < -0.39 is 5.97 Å². The number of nitrogens with zero attached hydrogens (tertiary/aromatic N) is 2. The number of aromatic nitrogens is 2. The third-order valence-corrected chi connectivity index (χ3v) is 5.70. The lowest BCUT2D eigenvalue weighted by molar-refractivity contribution is -0.117. The van der Waals surface area contributed by atoms with Crippen LogP contribution >= 0.6 is 0 Å². The summed E-state index contributed by atoms with van der Waals surface area (Å²) in [7, 11) is 0. The van der Waals surface area contributed by atoms with Gasteiger partial charge in [-0.3, -0.25) is 9.59 Å². The molecular formula is C27H23N3O5. The molecule has 0 unspecified atom stereocenters. The molecule has 2 heterocycles. The van der Waals surface area contributed by atoms with Crippen LogP contribution in [0.2, 0.25) is 0 Å². The summed E-state index contributed by atoms with van der Waals surface area (Å²) >= 11 is 0. The van der Waals surface area contributed by atoms with E-state index in [9.17, 15) is 14.4 Å². The van der Waals surface area contributed by atoms with Crippen molar-refractivity contribution in [3.63, 3.8) is 0 Å². The molecule has 5 rings (SSSR count). The number of fused-ring (bicyclic) bond motifs is 2. The Morgan fingerprint density at radius 1 is 0.971 bits per heavy atom. The molecule has 0 saturated carbocycles. The number of nitrogens with one attached hydrogen (secondary N) is 1. The smallest absolute Gasteiger partial charge is 0.338 e. The van der Waals surface area contributed by atoms with Crippen LogP contribution < -0.4 is 15.6 Å². The van der Waals surface area contributed by atoms with Crippen LogP contribution in [0, 0.1) is 0 Å². The van der Waals surface area contributed by atoms with E-state index in [2.05, 4.69) is 5.32 Å². The zero-order valence-electron chi connectivity index (χ0n) is 19.1. The van der Waals surface area contributed by atoms with Crippen molar-refractivity contribution in [2.24, 2.45) is 0 Å². The SMILES string of the molecule is CCOC(=O)c1ccc(NC(=O)Cn2c3c(c(=O)n2-c2ccccc2)Cc2ccccc2O3)cc1. The summed E-state index contributed by atoms with van der Waals surface area (Å²) in [6, 6.07) is 23.1. The van der Waals surface area contributed by atoms with Crippen LogP contribution in [0.3, 0.4) is 0 Å². The van der Waals surface area contributed by atoms with E-state index in [1.54, 1.807) is 35.9 Å². The number of esters is 1. The number of para-hydroxylation sites is 2. The first-order valence-electron chi connectivity index (χ1n) is 11.3. The molecule has 0 atom stereocenters. The van der Waals surface area contributed by atoms with E-state index in [1.165, 1.54) is 4.68 Å². The Morgan fingerprint density at radius 3 is 2.43 bits per heavy atom. The Bertz CT molecular complexity index is 1450. The number of carbonyl (C=O) groups is 2. The van der Waals surface area contributed by atoms with E-state index in [4.69, 9.17) is 9.47 Å². The highest BCUT2D eigenvalue weighted by Gasteiger charge is 2.29. The van der Waals surface area contributed by atoms with Crippen LogP contribution in [0.1, 0.15) is 28.4 Å². The predicted molar refractivity (Wildman–Crippen MR) is 130 cm³/mol. The van der Waals surface area contributed by atoms with Crippen LogP contribution in [-0.4, -0.2) is 27.8 Å². The Kier molecular flexibility index (Phi) is 5.93. The molecule has 0 aliphatic carbocycles. The van der Waals surface area contributed by atoms with E-state index in [-0.39, 0.29) is 24.6 Å². The van der Waals surface area contributed by atoms with Gasteiger partial charge in [-0.05, 0) is 55.0 Å². The monoisotopic (exact) mass is 469 g/mol. The number of anilines is 1. The highest BCUT2D eigenvalue weighted by atomic mass is 16.5. The fourth-order valence-electron chi connectivity index (χ4n) is 4.09. The Labute approximate surface area is 201 Å². The first kappa shape index (κ1) is 22.2. The van der Waals surface area contributed by atoms with E-state index in [1.807, 2.05) is 54.6 Å². The van der Waals surface area contributed by atoms with Crippen LogP contribution in [0.4, 0.5) is 5.69 Å². The minimum Gasteiger partial charge on any atom is -0.462 e. The summed E-state index contributed by atoms with van der Waals surface area (Å²) in [5, 5.41) is 2.82. The quantitative estimate of drug-likeness (QED) is 0.377. The maximum atomic E-state index is 13.4. The van der Waals surface area contributed by atoms with Crippen molar-refractivity contribution in [1.29, 1.82) is 0 Å². The fourth-order valence-corrected chi connectivity index (χ4v) is 4.09. The summed E-state index contributed by atoms with van der Waals surface area (Å²) in [4.78, 5) is 38.3. The van der Waals surface area contributed by atoms with Gasteiger partial charge in [-0.2, -0.15) is 0 Å². The second-order valence-corrected chi connectivity index (χ2v) is 8.03. The lowest BCUT2D eigenvalue weighted by atomic mass is 10.0. The third kappa shape index (κ3) is 4.33. The summed E-state index contributed by atoms with van der Waals surface area (Å²) in [5.41, 5.74) is 2.73. The highest BCUT2D eigenvalue weighted by Crippen LogP contribution is 2.35. The number of ether oxygens (including phenoxy) is 2. The average molecular weight is 469 g/mol. The van der Waals surface area contributed by atoms with Gasteiger partial charge in [-0.25, -0.2) is 14.2 Å². The standard InChI is InChI=1S/C27H23N3O5/c1-2-34-27(33)18-12-14-20(15-13-18)28-24(31)17-29-26-22(16-19-8-6-7-11-23(19)35-26)25(32)30(29)21-9-4-3-5-10-21/h3-15H,2,16-17H2,1H3,(H,28,31). The second-order valence-electron chi connectivity index (χ2n) is 8.03. The van der Waals surface area contributed by atoms with Crippen LogP contribution in [0.15, 0.2) is 83.7 Å². The number of hydrogen-bond acceptors (Lipinski definition) is 5. The minimum atomic E-state index is -0.423. The summed E-state index contributed by atoms with van der Waals surface area (Å²) in [5.74, 6) is 0.242. The van der Waals surface area contributed by atoms with E-state index in [0.29, 0.717) is 40.6 Å². The minimum absolute atomic E-state index is 0.152. The molecule has 8 nitrogen and oxygen atoms in total. The topological polar surface area (TPSA) is 91.6 Å². The number of rotatable bonds is 6. The highest BCUT2D eigenvalue weighted by molar-refractivity contribution is 5.93. The first-order valence-corrected chi connectivity index (χ1v) is 11.3. The molecule has 176 valence electrons. The Balaban J connectivity index is 1.46. The van der Waals surface area contributed by atoms with Gasteiger partial charge in [-0.1, -0.05) is 36.4 Å². The van der Waals surface area contributed by atoms with Gasteiger partial charge in [0, 0.05) is 12.1 Å². The van der Waals surface area contributed by atoms with Crippen molar-refractivity contribution in [3.05, 3.63) is 106 Å². The Hall–Kier alpha value is -4.59. The van der Waals surface area contributed by atoms with Crippen LogP contribution in [-0.2, 0) is 22.5 Å². The molecule has 0 saturated heterocycles. The molecule has 3 aromatic carbocycles. The van der Waals surface area contributed by atoms with Gasteiger partial charge in [0.15, 0.2) is 0 Å². The summed E-state index contributed by atoms with van der Waals surface area (Å²) < 4.78 is 14.1. The van der Waals surface area contributed by atoms with Crippen molar-refractivity contribution in [1.82, 2.24) is 9.36 Å². The van der Waals surface area contributed by atoms with E-state index >= 15 is 0 Å². The maximum Gasteiger partial charge on any atom is 0.338 e. The van der Waals surface area contributed by atoms with Gasteiger partial charge in [0.25, 0.3) is 5.56 Å². The van der Waals surface area contributed by atoms with Gasteiger partial charge in [0.05, 0.1) is 23.4 Å². The second kappa shape index (κ2) is 9.34. The van der Waals surface area contributed by atoms with Crippen molar-refractivity contribution in [2.45, 2.75) is 19.9 Å². The third-order valence-electron chi connectivity index (χ3n) is 5.70. The van der Waals surface area contributed by atoms with Gasteiger partial charge < -0.3 is 14.8 Å². The molecule has 0 radical (unpaired) electrons. The molecule has 8 heteroatoms. The number of benzene rings is 3. The largest absolute Gasteiger partial charge is 0.462 e. The first-order chi connectivity index (χ1) is 17.0. The van der Waals surface area contributed by atoms with Crippen molar-refractivity contribution >= 4 is 17.6 Å². The Morgan fingerprint density at radius 2 is 1.69 bits per heavy atom. The zero-order chi connectivity index (χ0) is 24.4. The molecule has 0 fully saturated rings. The molecule has 1 aliphatic heterocycles. The molecule has 1 amide bonds. The van der Waals surface area contributed by atoms with Gasteiger partial charge in [0.2, 0.25) is 11.8 Å². The van der Waals surface area contributed by atoms with Crippen LogP contribution in [0.5, 0.6) is 11.6 Å². The molecular weight excluding hydrogens is 446 g/mol. The lowest BCUT2D eigenvalue weighted by Crippen LogP contribution is -2.27. The lowest BCUT2D eigenvalue weighted by Gasteiger charge is -2.19. The van der Waals surface area contributed by atoms with Gasteiger partial charge in [-0.15, -0.1) is 0 Å². The van der Waals surface area contributed by atoms with Crippen molar-refractivity contribution < 1.29 is 19.1 Å². The number of carbonyl (C=O) groups excluding carboxylic acids is 2. The molecule has 4 aromatic rings. The molecule has 1 aromatic heterocycles.